The summed E-state index contributed by atoms with van der Waals surface area (Å²) in [6, 6.07) is 0. The van der Waals surface area contributed by atoms with E-state index in [1.807, 2.05) is 6.08 Å². The Morgan fingerprint density at radius 2 is 2.27 bits per heavy atom. The van der Waals surface area contributed by atoms with E-state index in [2.05, 4.69) is 13.8 Å². The lowest BCUT2D eigenvalue weighted by Gasteiger charge is -2.22. The Labute approximate surface area is 92.3 Å². The number of hydrogen-bond donors (Lipinski definition) is 1. The van der Waals surface area contributed by atoms with Crippen molar-refractivity contribution in [3.63, 3.8) is 0 Å². The molecule has 86 valence electrons. The average Bonchev–Trinajstić information content (AvgIpc) is 2.45. The third-order valence-electron chi connectivity index (χ3n) is 3.47. The topological polar surface area (TPSA) is 29.5 Å². The smallest absolute Gasteiger partial charge is 0.0723 e. The Morgan fingerprint density at radius 3 is 2.87 bits per heavy atom. The van der Waals surface area contributed by atoms with E-state index in [0.29, 0.717) is 6.10 Å². The summed E-state index contributed by atoms with van der Waals surface area (Å²) < 4.78 is 5.96. The summed E-state index contributed by atoms with van der Waals surface area (Å²) in [6.07, 6.45) is 8.79. The van der Waals surface area contributed by atoms with E-state index in [1.165, 1.54) is 12.0 Å². The molecule has 0 aromatic carbocycles. The summed E-state index contributed by atoms with van der Waals surface area (Å²) in [4.78, 5) is 0. The fraction of sp³-hybridized carbons (Fsp3) is 0.846. The lowest BCUT2D eigenvalue weighted by molar-refractivity contribution is -0.0150. The molecule has 15 heavy (non-hydrogen) atoms. The third kappa shape index (κ3) is 3.05. The van der Waals surface area contributed by atoms with Crippen molar-refractivity contribution in [2.45, 2.75) is 70.2 Å². The van der Waals surface area contributed by atoms with Gasteiger partial charge in [-0.1, -0.05) is 11.6 Å². The molecule has 0 aromatic rings. The molecule has 0 bridgehead atoms. The van der Waals surface area contributed by atoms with Gasteiger partial charge in [0.1, 0.15) is 0 Å². The van der Waals surface area contributed by atoms with Gasteiger partial charge in [0.2, 0.25) is 0 Å². The Kier molecular flexibility index (Phi) is 3.17. The van der Waals surface area contributed by atoms with Gasteiger partial charge in [0.25, 0.3) is 0 Å². The van der Waals surface area contributed by atoms with Crippen molar-refractivity contribution in [3.8, 4) is 0 Å². The molecule has 1 saturated heterocycles. The molecule has 0 saturated carbocycles. The molecule has 2 aliphatic rings. The van der Waals surface area contributed by atoms with Crippen LogP contribution in [0.3, 0.4) is 0 Å². The van der Waals surface area contributed by atoms with E-state index in [0.717, 1.165) is 32.1 Å². The Morgan fingerprint density at radius 1 is 1.47 bits per heavy atom. The molecule has 2 heteroatoms. The highest BCUT2D eigenvalue weighted by atomic mass is 16.5. The molecule has 1 aliphatic carbocycles. The van der Waals surface area contributed by atoms with Crippen molar-refractivity contribution in [2.75, 3.05) is 0 Å². The van der Waals surface area contributed by atoms with E-state index < -0.39 is 0 Å². The van der Waals surface area contributed by atoms with Crippen molar-refractivity contribution in [3.05, 3.63) is 11.6 Å². The van der Waals surface area contributed by atoms with E-state index in [9.17, 15) is 5.11 Å². The van der Waals surface area contributed by atoms with E-state index in [1.54, 1.807) is 0 Å². The summed E-state index contributed by atoms with van der Waals surface area (Å²) in [6.45, 7) is 4.33. The second-order valence-corrected chi connectivity index (χ2v) is 5.53. The van der Waals surface area contributed by atoms with Crippen LogP contribution in [0.5, 0.6) is 0 Å². The first-order chi connectivity index (χ1) is 7.05. The Hall–Kier alpha value is -0.340. The second kappa shape index (κ2) is 4.26. The molecule has 1 aliphatic heterocycles. The number of hydrogen-bond acceptors (Lipinski definition) is 2. The zero-order valence-corrected chi connectivity index (χ0v) is 9.83. The van der Waals surface area contributed by atoms with Crippen LogP contribution in [0, 0.1) is 0 Å². The molecule has 0 aromatic heterocycles. The lowest BCUT2D eigenvalue weighted by atomic mass is 9.93. The van der Waals surface area contributed by atoms with Gasteiger partial charge in [-0.05, 0) is 52.4 Å². The number of aliphatic hydroxyl groups is 1. The highest BCUT2D eigenvalue weighted by Gasteiger charge is 2.32. The van der Waals surface area contributed by atoms with Gasteiger partial charge in [0.05, 0.1) is 17.8 Å². The van der Waals surface area contributed by atoms with Gasteiger partial charge in [-0.15, -0.1) is 0 Å². The van der Waals surface area contributed by atoms with E-state index in [-0.39, 0.29) is 11.7 Å². The van der Waals surface area contributed by atoms with Gasteiger partial charge in [-0.3, -0.25) is 0 Å². The summed E-state index contributed by atoms with van der Waals surface area (Å²) >= 11 is 0. The molecule has 2 atom stereocenters. The van der Waals surface area contributed by atoms with Crippen LogP contribution in [0.2, 0.25) is 0 Å². The molecule has 0 radical (unpaired) electrons. The normalized spacial score (nSPS) is 35.3. The minimum Gasteiger partial charge on any atom is -0.389 e. The average molecular weight is 210 g/mol. The molecule has 2 unspecified atom stereocenters. The maximum absolute atomic E-state index is 9.54. The second-order valence-electron chi connectivity index (χ2n) is 5.53. The first-order valence-corrected chi connectivity index (χ1v) is 6.11. The first-order valence-electron chi connectivity index (χ1n) is 6.11. The largest absolute Gasteiger partial charge is 0.389 e. The monoisotopic (exact) mass is 210 g/mol. The SMILES string of the molecule is CC1(C)CCC(CC2=CC(O)CCC2)O1. The van der Waals surface area contributed by atoms with Crippen molar-refractivity contribution >= 4 is 0 Å². The number of aliphatic hydroxyl groups excluding tert-OH is 1. The summed E-state index contributed by atoms with van der Waals surface area (Å²) in [5, 5.41) is 9.54. The van der Waals surface area contributed by atoms with Crippen molar-refractivity contribution < 1.29 is 9.84 Å². The molecular weight excluding hydrogens is 188 g/mol. The van der Waals surface area contributed by atoms with Crippen LogP contribution in [-0.2, 0) is 4.74 Å². The summed E-state index contributed by atoms with van der Waals surface area (Å²) in [5.74, 6) is 0. The van der Waals surface area contributed by atoms with Crippen molar-refractivity contribution in [1.29, 1.82) is 0 Å². The van der Waals surface area contributed by atoms with Gasteiger partial charge in [0.15, 0.2) is 0 Å². The van der Waals surface area contributed by atoms with E-state index >= 15 is 0 Å². The fourth-order valence-electron chi connectivity index (χ4n) is 2.66. The minimum atomic E-state index is -0.205. The van der Waals surface area contributed by atoms with Crippen LogP contribution >= 0.6 is 0 Å². The Bertz CT molecular complexity index is 255. The van der Waals surface area contributed by atoms with Crippen molar-refractivity contribution in [1.82, 2.24) is 0 Å². The van der Waals surface area contributed by atoms with Gasteiger partial charge in [0, 0.05) is 0 Å². The third-order valence-corrected chi connectivity index (χ3v) is 3.47. The van der Waals surface area contributed by atoms with Crippen molar-refractivity contribution in [2.24, 2.45) is 0 Å². The zero-order valence-electron chi connectivity index (χ0n) is 9.83. The molecular formula is C13H22O2. The predicted octanol–water partition coefficient (Wildman–Crippen LogP) is 2.81. The first kappa shape index (κ1) is 11.2. The van der Waals surface area contributed by atoms with Crippen LogP contribution in [0.15, 0.2) is 11.6 Å². The lowest BCUT2D eigenvalue weighted by Crippen LogP contribution is -2.21. The fourth-order valence-corrected chi connectivity index (χ4v) is 2.66. The molecule has 2 nitrogen and oxygen atoms in total. The van der Waals surface area contributed by atoms with Gasteiger partial charge >= 0.3 is 0 Å². The van der Waals surface area contributed by atoms with Gasteiger partial charge in [-0.25, -0.2) is 0 Å². The quantitative estimate of drug-likeness (QED) is 0.710. The van der Waals surface area contributed by atoms with E-state index in [4.69, 9.17) is 4.74 Å². The van der Waals surface area contributed by atoms with Crippen LogP contribution in [0.1, 0.15) is 52.4 Å². The number of rotatable bonds is 2. The zero-order chi connectivity index (χ0) is 10.9. The number of ether oxygens (including phenoxy) is 1. The molecule has 2 rings (SSSR count). The van der Waals surface area contributed by atoms with Gasteiger partial charge < -0.3 is 9.84 Å². The highest BCUT2D eigenvalue weighted by molar-refractivity contribution is 5.10. The molecule has 1 N–H and O–H groups in total. The molecule has 1 heterocycles. The summed E-state index contributed by atoms with van der Waals surface area (Å²) in [7, 11) is 0. The van der Waals surface area contributed by atoms with Crippen LogP contribution < -0.4 is 0 Å². The Balaban J connectivity index is 1.87. The standard InChI is InChI=1S/C13H22O2/c1-13(2)7-6-12(15-13)9-10-4-3-5-11(14)8-10/h8,11-12,14H,3-7,9H2,1-2H3. The van der Waals surface area contributed by atoms with Crippen LogP contribution in [-0.4, -0.2) is 22.9 Å². The van der Waals surface area contributed by atoms with Gasteiger partial charge in [-0.2, -0.15) is 0 Å². The maximum Gasteiger partial charge on any atom is 0.0723 e. The summed E-state index contributed by atoms with van der Waals surface area (Å²) in [5.41, 5.74) is 1.47. The molecule has 0 amide bonds. The predicted molar refractivity (Wildman–Crippen MR) is 60.7 cm³/mol. The minimum absolute atomic E-state index is 0.0680. The molecule has 0 spiro atoms. The highest BCUT2D eigenvalue weighted by Crippen LogP contribution is 2.34. The molecule has 1 fully saturated rings. The van der Waals surface area contributed by atoms with Crippen LogP contribution in [0.25, 0.3) is 0 Å². The van der Waals surface area contributed by atoms with Crippen LogP contribution in [0.4, 0.5) is 0 Å². The maximum atomic E-state index is 9.54.